The number of rotatable bonds is 0. The Labute approximate surface area is 82.7 Å². The van der Waals surface area contributed by atoms with Gasteiger partial charge >= 0.3 is 0 Å². The first-order valence-electron chi connectivity index (χ1n) is 4.92. The van der Waals surface area contributed by atoms with Crippen molar-refractivity contribution < 1.29 is 15.0 Å². The molecule has 0 bridgehead atoms. The van der Waals surface area contributed by atoms with E-state index >= 15 is 0 Å². The van der Waals surface area contributed by atoms with Gasteiger partial charge in [-0.2, -0.15) is 0 Å². The molecule has 0 fully saturated rings. The smallest absolute Gasteiger partial charge is 0.159 e. The molecule has 0 radical (unpaired) electrons. The molecule has 76 valence electrons. The van der Waals surface area contributed by atoms with Crippen molar-refractivity contribution in [2.45, 2.75) is 32.6 Å². The Hall–Kier alpha value is -1.25. The Kier molecular flexibility index (Phi) is 2.10. The van der Waals surface area contributed by atoms with Gasteiger partial charge in [0, 0.05) is 24.8 Å². The molecule has 0 aromatic heterocycles. The van der Waals surface area contributed by atoms with E-state index < -0.39 is 0 Å². The number of hydrogen-bond acceptors (Lipinski definition) is 3. The predicted molar refractivity (Wildman–Crippen MR) is 51.9 cm³/mol. The number of aliphatic hydroxyl groups excluding tert-OH is 2. The molecule has 1 atom stereocenters. The minimum absolute atomic E-state index is 0.0330. The van der Waals surface area contributed by atoms with Crippen molar-refractivity contribution >= 4 is 5.78 Å². The van der Waals surface area contributed by atoms with Crippen molar-refractivity contribution in [2.75, 3.05) is 0 Å². The summed E-state index contributed by atoms with van der Waals surface area (Å²) < 4.78 is 0. The van der Waals surface area contributed by atoms with Crippen LogP contribution in [0.15, 0.2) is 22.7 Å². The molecular weight excluding hydrogens is 180 g/mol. The van der Waals surface area contributed by atoms with E-state index in [2.05, 4.69) is 0 Å². The van der Waals surface area contributed by atoms with Crippen LogP contribution >= 0.6 is 0 Å². The highest BCUT2D eigenvalue weighted by atomic mass is 16.3. The van der Waals surface area contributed by atoms with Crippen molar-refractivity contribution in [3.8, 4) is 0 Å². The molecule has 0 aromatic carbocycles. The quantitative estimate of drug-likeness (QED) is 0.622. The van der Waals surface area contributed by atoms with Crippen molar-refractivity contribution in [3.63, 3.8) is 0 Å². The summed E-state index contributed by atoms with van der Waals surface area (Å²) in [6.07, 6.45) is 2.04. The second kappa shape index (κ2) is 3.15. The van der Waals surface area contributed by atoms with Crippen LogP contribution in [0, 0.1) is 5.92 Å². The molecule has 0 amide bonds. The number of carbonyl (C=O) groups is 1. The van der Waals surface area contributed by atoms with Crippen LogP contribution in [-0.4, -0.2) is 16.0 Å². The van der Waals surface area contributed by atoms with E-state index in [9.17, 15) is 15.0 Å². The summed E-state index contributed by atoms with van der Waals surface area (Å²) in [5.74, 6) is 0.504. The van der Waals surface area contributed by atoms with Crippen LogP contribution in [0.25, 0.3) is 0 Å². The largest absolute Gasteiger partial charge is 0.508 e. The monoisotopic (exact) mass is 194 g/mol. The Balaban J connectivity index is 2.30. The highest BCUT2D eigenvalue weighted by Gasteiger charge is 2.29. The Morgan fingerprint density at radius 1 is 1.14 bits per heavy atom. The molecule has 2 aliphatic carbocycles. The van der Waals surface area contributed by atoms with Crippen molar-refractivity contribution in [3.05, 3.63) is 22.7 Å². The van der Waals surface area contributed by atoms with E-state index in [0.717, 1.165) is 17.6 Å². The van der Waals surface area contributed by atoms with Crippen LogP contribution < -0.4 is 0 Å². The van der Waals surface area contributed by atoms with E-state index in [0.29, 0.717) is 18.8 Å². The summed E-state index contributed by atoms with van der Waals surface area (Å²) in [7, 11) is 0. The molecular formula is C11H14O3. The van der Waals surface area contributed by atoms with E-state index in [-0.39, 0.29) is 23.7 Å². The lowest BCUT2D eigenvalue weighted by Gasteiger charge is -2.27. The molecule has 0 spiro atoms. The third kappa shape index (κ3) is 1.43. The molecule has 2 aliphatic rings. The number of allylic oxidation sites excluding steroid dienone is 2. The number of carbonyl (C=O) groups excluding carboxylic acids is 1. The molecule has 0 saturated heterocycles. The van der Waals surface area contributed by atoms with E-state index in [1.165, 1.54) is 0 Å². The summed E-state index contributed by atoms with van der Waals surface area (Å²) >= 11 is 0. The van der Waals surface area contributed by atoms with Gasteiger partial charge in [-0.3, -0.25) is 4.79 Å². The van der Waals surface area contributed by atoms with Crippen molar-refractivity contribution in [2.24, 2.45) is 5.92 Å². The fourth-order valence-electron chi connectivity index (χ4n) is 2.23. The van der Waals surface area contributed by atoms with Gasteiger partial charge in [-0.05, 0) is 12.3 Å². The van der Waals surface area contributed by atoms with Gasteiger partial charge in [0.15, 0.2) is 5.78 Å². The number of aliphatic hydroxyl groups is 2. The third-order valence-electron chi connectivity index (χ3n) is 2.95. The summed E-state index contributed by atoms with van der Waals surface area (Å²) in [6, 6.07) is 0. The molecule has 3 nitrogen and oxygen atoms in total. The van der Waals surface area contributed by atoms with Crippen molar-refractivity contribution in [1.29, 1.82) is 0 Å². The Bertz CT molecular complexity index is 350. The molecule has 1 unspecified atom stereocenters. The molecule has 3 heteroatoms. The van der Waals surface area contributed by atoms with Gasteiger partial charge in [0.05, 0.1) is 0 Å². The first kappa shape index (κ1) is 9.31. The van der Waals surface area contributed by atoms with Gasteiger partial charge < -0.3 is 10.2 Å². The Morgan fingerprint density at radius 2 is 1.79 bits per heavy atom. The zero-order chi connectivity index (χ0) is 10.3. The van der Waals surface area contributed by atoms with E-state index in [1.54, 1.807) is 0 Å². The highest BCUT2D eigenvalue weighted by molar-refractivity contribution is 5.97. The normalized spacial score (nSPS) is 28.1. The maximum atomic E-state index is 11.6. The summed E-state index contributed by atoms with van der Waals surface area (Å²) in [5.41, 5.74) is 1.75. The van der Waals surface area contributed by atoms with Crippen molar-refractivity contribution in [1.82, 2.24) is 0 Å². The molecule has 0 aromatic rings. The lowest BCUT2D eigenvalue weighted by molar-refractivity contribution is -0.117. The molecule has 0 saturated carbocycles. The lowest BCUT2D eigenvalue weighted by atomic mass is 9.78. The first-order chi connectivity index (χ1) is 6.58. The average molecular weight is 194 g/mol. The minimum atomic E-state index is -0.0355. The summed E-state index contributed by atoms with van der Waals surface area (Å²) in [4.78, 5) is 11.6. The van der Waals surface area contributed by atoms with Gasteiger partial charge in [0.1, 0.15) is 11.5 Å². The second-order valence-corrected chi connectivity index (χ2v) is 4.27. The van der Waals surface area contributed by atoms with Crippen LogP contribution in [0.1, 0.15) is 32.6 Å². The van der Waals surface area contributed by atoms with Crippen LogP contribution in [0.4, 0.5) is 0 Å². The maximum absolute atomic E-state index is 11.6. The standard InChI is InChI=1S/C11H14O3/c1-6-2-7-4-10(13)11(14)5-8(7)9(12)3-6/h6,13-14H,2-5H2,1H3. The van der Waals surface area contributed by atoms with Gasteiger partial charge in [0.25, 0.3) is 0 Å². The van der Waals surface area contributed by atoms with Crippen LogP contribution in [-0.2, 0) is 4.79 Å². The van der Waals surface area contributed by atoms with Crippen LogP contribution in [0.5, 0.6) is 0 Å². The summed E-state index contributed by atoms with van der Waals surface area (Å²) in [6.45, 7) is 2.04. The van der Waals surface area contributed by atoms with Crippen LogP contribution in [0.3, 0.4) is 0 Å². The van der Waals surface area contributed by atoms with Gasteiger partial charge in [-0.25, -0.2) is 0 Å². The van der Waals surface area contributed by atoms with E-state index in [1.807, 2.05) is 6.92 Å². The number of Topliss-reactive ketones (excluding diaryl/α,β-unsaturated/α-hetero) is 1. The topological polar surface area (TPSA) is 57.5 Å². The fourth-order valence-corrected chi connectivity index (χ4v) is 2.23. The van der Waals surface area contributed by atoms with Gasteiger partial charge in [0.2, 0.25) is 0 Å². The molecule has 0 aliphatic heterocycles. The van der Waals surface area contributed by atoms with Gasteiger partial charge in [-0.15, -0.1) is 0 Å². The second-order valence-electron chi connectivity index (χ2n) is 4.27. The summed E-state index contributed by atoms with van der Waals surface area (Å²) in [5, 5.41) is 18.7. The third-order valence-corrected chi connectivity index (χ3v) is 2.95. The zero-order valence-electron chi connectivity index (χ0n) is 8.21. The predicted octanol–water partition coefficient (Wildman–Crippen LogP) is 2.40. The average Bonchev–Trinajstić information content (AvgIpc) is 2.08. The zero-order valence-corrected chi connectivity index (χ0v) is 8.21. The minimum Gasteiger partial charge on any atom is -0.508 e. The lowest BCUT2D eigenvalue weighted by Crippen LogP contribution is -2.21. The molecule has 0 heterocycles. The van der Waals surface area contributed by atoms with Gasteiger partial charge in [-0.1, -0.05) is 12.5 Å². The molecule has 2 rings (SSSR count). The van der Waals surface area contributed by atoms with E-state index in [4.69, 9.17) is 0 Å². The van der Waals surface area contributed by atoms with Crippen LogP contribution in [0.2, 0.25) is 0 Å². The maximum Gasteiger partial charge on any atom is 0.159 e. The molecule has 2 N–H and O–H groups in total. The molecule has 14 heavy (non-hydrogen) atoms. The first-order valence-corrected chi connectivity index (χ1v) is 4.92. The highest BCUT2D eigenvalue weighted by Crippen LogP contribution is 2.37. The fraction of sp³-hybridized carbons (Fsp3) is 0.545. The number of hydrogen-bond donors (Lipinski definition) is 2. The SMILES string of the molecule is CC1CC(=O)C2=C(CC(O)=C(O)C2)C1. The Morgan fingerprint density at radius 3 is 2.50 bits per heavy atom. The number of ketones is 1.